The fraction of sp³-hybridized carbons (Fsp3) is 0.467. The summed E-state index contributed by atoms with van der Waals surface area (Å²) in [4.78, 5) is 30.2. The monoisotopic (exact) mass is 365 g/mol. The minimum atomic E-state index is -0.269. The van der Waals surface area contributed by atoms with E-state index in [4.69, 9.17) is 0 Å². The van der Waals surface area contributed by atoms with Crippen molar-refractivity contribution in [3.8, 4) is 0 Å². The Bertz CT molecular complexity index is 741. The van der Waals surface area contributed by atoms with Crippen molar-refractivity contribution in [3.05, 3.63) is 26.9 Å². The van der Waals surface area contributed by atoms with Crippen LogP contribution in [0.4, 0.5) is 5.13 Å². The molecule has 3 heterocycles. The van der Waals surface area contributed by atoms with Crippen LogP contribution >= 0.6 is 22.7 Å². The lowest BCUT2D eigenvalue weighted by Crippen LogP contribution is -2.44. The molecule has 2 aromatic rings. The zero-order valence-electron chi connectivity index (χ0n) is 13.8. The molecule has 7 nitrogen and oxygen atoms in total. The van der Waals surface area contributed by atoms with E-state index in [-0.39, 0.29) is 17.9 Å². The zero-order valence-corrected chi connectivity index (χ0v) is 15.4. The SMILES string of the molecule is C[C@H](C(=O)Nc1nncs1)N1CCc2sc(C(=O)N(C)C)cc2C1. The standard InChI is InChI=1S/C15H19N5O2S2/c1-9(13(21)17-15-18-16-8-23-15)20-5-4-11-10(7-20)6-12(24-11)14(22)19(2)3/h6,8-9H,4-5,7H2,1-3H3,(H,17,18,21)/t9-/m1/s1. The average Bonchev–Trinajstić information content (AvgIpc) is 3.21. The molecule has 0 aliphatic carbocycles. The molecule has 1 N–H and O–H groups in total. The molecular weight excluding hydrogens is 346 g/mol. The Morgan fingerprint density at radius 1 is 1.42 bits per heavy atom. The minimum absolute atomic E-state index is 0.0306. The summed E-state index contributed by atoms with van der Waals surface area (Å²) in [5.74, 6) is -0.0574. The number of hydrogen-bond acceptors (Lipinski definition) is 7. The van der Waals surface area contributed by atoms with Crippen molar-refractivity contribution < 1.29 is 9.59 Å². The van der Waals surface area contributed by atoms with Gasteiger partial charge < -0.3 is 4.90 Å². The van der Waals surface area contributed by atoms with Crippen LogP contribution in [0.3, 0.4) is 0 Å². The Hall–Kier alpha value is -1.84. The number of anilines is 1. The molecule has 9 heteroatoms. The first kappa shape index (κ1) is 17.0. The molecule has 1 aliphatic rings. The average molecular weight is 365 g/mol. The van der Waals surface area contributed by atoms with Gasteiger partial charge in [0.1, 0.15) is 5.51 Å². The Morgan fingerprint density at radius 3 is 2.88 bits per heavy atom. The van der Waals surface area contributed by atoms with Gasteiger partial charge in [0.15, 0.2) is 0 Å². The quantitative estimate of drug-likeness (QED) is 0.892. The number of amides is 2. The first-order chi connectivity index (χ1) is 11.5. The van der Waals surface area contributed by atoms with Crippen LogP contribution in [0.5, 0.6) is 0 Å². The summed E-state index contributed by atoms with van der Waals surface area (Å²) in [5.41, 5.74) is 2.73. The molecule has 0 aromatic carbocycles. The molecule has 0 unspecified atom stereocenters. The van der Waals surface area contributed by atoms with E-state index in [1.165, 1.54) is 16.2 Å². The van der Waals surface area contributed by atoms with Gasteiger partial charge in [-0.15, -0.1) is 21.5 Å². The summed E-state index contributed by atoms with van der Waals surface area (Å²) >= 11 is 2.86. The van der Waals surface area contributed by atoms with Crippen LogP contribution in [0, 0.1) is 0 Å². The maximum atomic E-state index is 12.4. The molecule has 3 rings (SSSR count). The van der Waals surface area contributed by atoms with Gasteiger partial charge in [0.2, 0.25) is 11.0 Å². The van der Waals surface area contributed by atoms with E-state index in [9.17, 15) is 9.59 Å². The van der Waals surface area contributed by atoms with Crippen molar-refractivity contribution in [2.75, 3.05) is 26.0 Å². The van der Waals surface area contributed by atoms with Gasteiger partial charge >= 0.3 is 0 Å². The Labute approximate surface area is 148 Å². The third-order valence-electron chi connectivity index (χ3n) is 4.03. The molecule has 1 atom stereocenters. The van der Waals surface area contributed by atoms with Gasteiger partial charge in [-0.3, -0.25) is 19.8 Å². The van der Waals surface area contributed by atoms with E-state index < -0.39 is 0 Å². The van der Waals surface area contributed by atoms with Gasteiger partial charge in [-0.2, -0.15) is 0 Å². The number of hydrogen-bond donors (Lipinski definition) is 1. The maximum Gasteiger partial charge on any atom is 0.263 e. The first-order valence-electron chi connectivity index (χ1n) is 7.60. The number of fused-ring (bicyclic) bond motifs is 1. The third-order valence-corrected chi connectivity index (χ3v) is 5.86. The number of carbonyl (C=O) groups is 2. The van der Waals surface area contributed by atoms with E-state index in [1.54, 1.807) is 35.8 Å². The number of carbonyl (C=O) groups excluding carboxylic acids is 2. The molecule has 128 valence electrons. The highest BCUT2D eigenvalue weighted by Crippen LogP contribution is 2.29. The lowest BCUT2D eigenvalue weighted by atomic mass is 10.1. The van der Waals surface area contributed by atoms with Crippen LogP contribution in [-0.2, 0) is 17.8 Å². The third kappa shape index (κ3) is 3.47. The number of rotatable bonds is 4. The molecule has 0 bridgehead atoms. The van der Waals surface area contributed by atoms with Crippen molar-refractivity contribution >= 4 is 39.6 Å². The summed E-state index contributed by atoms with van der Waals surface area (Å²) in [7, 11) is 3.51. The minimum Gasteiger partial charge on any atom is -0.344 e. The number of nitrogens with zero attached hydrogens (tertiary/aromatic N) is 4. The van der Waals surface area contributed by atoms with Crippen molar-refractivity contribution in [2.24, 2.45) is 0 Å². The van der Waals surface area contributed by atoms with Crippen LogP contribution in [-0.4, -0.2) is 58.5 Å². The van der Waals surface area contributed by atoms with Crippen molar-refractivity contribution in [2.45, 2.75) is 25.9 Å². The van der Waals surface area contributed by atoms with Crippen LogP contribution in [0.25, 0.3) is 0 Å². The van der Waals surface area contributed by atoms with Crippen LogP contribution < -0.4 is 5.32 Å². The normalized spacial score (nSPS) is 15.6. The smallest absolute Gasteiger partial charge is 0.263 e. The fourth-order valence-electron chi connectivity index (χ4n) is 2.61. The van der Waals surface area contributed by atoms with Crippen LogP contribution in [0.15, 0.2) is 11.6 Å². The molecule has 0 radical (unpaired) electrons. The van der Waals surface area contributed by atoms with E-state index in [0.29, 0.717) is 11.7 Å². The summed E-state index contributed by atoms with van der Waals surface area (Å²) in [6.45, 7) is 3.37. The molecule has 2 aromatic heterocycles. The van der Waals surface area contributed by atoms with E-state index in [0.717, 1.165) is 23.4 Å². The lowest BCUT2D eigenvalue weighted by Gasteiger charge is -2.31. The molecule has 0 saturated carbocycles. The van der Waals surface area contributed by atoms with Crippen molar-refractivity contribution in [1.82, 2.24) is 20.0 Å². The van der Waals surface area contributed by atoms with Gasteiger partial charge in [0, 0.05) is 32.1 Å². The van der Waals surface area contributed by atoms with Gasteiger partial charge in [0.25, 0.3) is 5.91 Å². The Kier molecular flexibility index (Phi) is 4.93. The summed E-state index contributed by atoms with van der Waals surface area (Å²) in [6, 6.07) is 1.69. The number of nitrogens with one attached hydrogen (secondary N) is 1. The molecule has 0 saturated heterocycles. The number of thiophene rings is 1. The second kappa shape index (κ2) is 6.96. The summed E-state index contributed by atoms with van der Waals surface area (Å²) in [5, 5.41) is 10.9. The highest BCUT2D eigenvalue weighted by atomic mass is 32.1. The zero-order chi connectivity index (χ0) is 17.3. The van der Waals surface area contributed by atoms with E-state index in [2.05, 4.69) is 20.4 Å². The highest BCUT2D eigenvalue weighted by Gasteiger charge is 2.28. The van der Waals surface area contributed by atoms with Gasteiger partial charge in [-0.25, -0.2) is 0 Å². The Balaban J connectivity index is 1.68. The van der Waals surface area contributed by atoms with Gasteiger partial charge in [-0.1, -0.05) is 11.3 Å². The van der Waals surface area contributed by atoms with Crippen LogP contribution in [0.2, 0.25) is 0 Å². The molecular formula is C15H19N5O2S2. The second-order valence-corrected chi connectivity index (χ2v) is 7.86. The van der Waals surface area contributed by atoms with Gasteiger partial charge in [0.05, 0.1) is 10.9 Å². The molecule has 0 fully saturated rings. The van der Waals surface area contributed by atoms with Crippen molar-refractivity contribution in [1.29, 1.82) is 0 Å². The summed E-state index contributed by atoms with van der Waals surface area (Å²) < 4.78 is 0. The van der Waals surface area contributed by atoms with Crippen molar-refractivity contribution in [3.63, 3.8) is 0 Å². The first-order valence-corrected chi connectivity index (χ1v) is 9.29. The van der Waals surface area contributed by atoms with E-state index >= 15 is 0 Å². The largest absolute Gasteiger partial charge is 0.344 e. The van der Waals surface area contributed by atoms with Crippen LogP contribution in [0.1, 0.15) is 27.0 Å². The predicted octanol–water partition coefficient (Wildman–Crippen LogP) is 1.69. The highest BCUT2D eigenvalue weighted by molar-refractivity contribution is 7.14. The second-order valence-electron chi connectivity index (χ2n) is 5.89. The molecule has 2 amide bonds. The predicted molar refractivity (Wildman–Crippen MR) is 94.5 cm³/mol. The topological polar surface area (TPSA) is 78.4 Å². The molecule has 1 aliphatic heterocycles. The Morgan fingerprint density at radius 2 is 2.21 bits per heavy atom. The van der Waals surface area contributed by atoms with E-state index in [1.807, 2.05) is 13.0 Å². The summed E-state index contributed by atoms with van der Waals surface area (Å²) in [6.07, 6.45) is 0.858. The molecule has 0 spiro atoms. The van der Waals surface area contributed by atoms with Gasteiger partial charge in [-0.05, 0) is 25.0 Å². The number of aromatic nitrogens is 2. The fourth-order valence-corrected chi connectivity index (χ4v) is 4.25. The maximum absolute atomic E-state index is 12.4. The lowest BCUT2D eigenvalue weighted by molar-refractivity contribution is -0.121. The molecule has 24 heavy (non-hydrogen) atoms.